The maximum Gasteiger partial charge on any atom is 0.230 e. The van der Waals surface area contributed by atoms with Crippen LogP contribution in [0.15, 0.2) is 47.6 Å². The molecule has 0 radical (unpaired) electrons. The number of carbonyl (C=O) groups excluding carboxylic acids is 1. The molecule has 1 aromatic carbocycles. The van der Waals surface area contributed by atoms with E-state index in [0.29, 0.717) is 16.6 Å². The van der Waals surface area contributed by atoms with Crippen molar-refractivity contribution in [1.29, 1.82) is 0 Å². The highest BCUT2D eigenvalue weighted by Crippen LogP contribution is 2.23. The minimum atomic E-state index is -0.0652. The smallest absolute Gasteiger partial charge is 0.230 e. The molecule has 0 aliphatic rings. The van der Waals surface area contributed by atoms with Crippen LogP contribution in [-0.2, 0) is 11.3 Å². The number of hydrogen-bond donors (Lipinski definition) is 1. The summed E-state index contributed by atoms with van der Waals surface area (Å²) in [6, 6.07) is 11.1. The summed E-state index contributed by atoms with van der Waals surface area (Å²) >= 11 is 7.30. The van der Waals surface area contributed by atoms with Gasteiger partial charge in [0.05, 0.1) is 17.9 Å². The van der Waals surface area contributed by atoms with Gasteiger partial charge in [0.2, 0.25) is 5.91 Å². The molecule has 6 heteroatoms. The fraction of sp³-hybridized carbons (Fsp3) is 0.200. The lowest BCUT2D eigenvalue weighted by Gasteiger charge is -2.07. The molecule has 0 atom stereocenters. The number of amides is 1. The van der Waals surface area contributed by atoms with Crippen LogP contribution in [0, 0.1) is 0 Å². The highest BCUT2D eigenvalue weighted by molar-refractivity contribution is 8.00. The van der Waals surface area contributed by atoms with Gasteiger partial charge in [-0.25, -0.2) is 4.98 Å². The van der Waals surface area contributed by atoms with E-state index < -0.39 is 0 Å². The van der Waals surface area contributed by atoms with Gasteiger partial charge in [-0.05, 0) is 29.8 Å². The Morgan fingerprint density at radius 2 is 2.24 bits per heavy atom. The lowest BCUT2D eigenvalue weighted by atomic mass is 10.2. The molecule has 0 unspecified atom stereocenters. The molecule has 1 heterocycles. The molecule has 0 saturated heterocycles. The highest BCUT2D eigenvalue weighted by atomic mass is 35.5. The largest absolute Gasteiger partial charge is 0.497 e. The van der Waals surface area contributed by atoms with Crippen molar-refractivity contribution in [2.24, 2.45) is 0 Å². The molecule has 0 aliphatic carbocycles. The number of thioether (sulfide) groups is 1. The molecule has 0 aliphatic heterocycles. The van der Waals surface area contributed by atoms with Crippen molar-refractivity contribution in [2.45, 2.75) is 11.6 Å². The van der Waals surface area contributed by atoms with Gasteiger partial charge in [0.1, 0.15) is 10.8 Å². The molecular weight excluding hydrogens is 308 g/mol. The number of carbonyl (C=O) groups is 1. The molecule has 2 rings (SSSR count). The Morgan fingerprint density at radius 1 is 1.38 bits per heavy atom. The van der Waals surface area contributed by atoms with Crippen molar-refractivity contribution in [3.63, 3.8) is 0 Å². The van der Waals surface area contributed by atoms with Crippen LogP contribution < -0.4 is 10.1 Å². The predicted octanol–water partition coefficient (Wildman–Crippen LogP) is 3.15. The summed E-state index contributed by atoms with van der Waals surface area (Å²) < 4.78 is 5.14. The summed E-state index contributed by atoms with van der Waals surface area (Å²) in [6.07, 6.45) is 1.66. The molecule has 4 nitrogen and oxygen atoms in total. The van der Waals surface area contributed by atoms with Gasteiger partial charge in [0.15, 0.2) is 0 Å². The molecule has 0 bridgehead atoms. The Hall–Kier alpha value is -1.72. The fourth-order valence-corrected chi connectivity index (χ4v) is 2.64. The number of halogens is 1. The van der Waals surface area contributed by atoms with Crippen LogP contribution in [0.4, 0.5) is 0 Å². The Morgan fingerprint density at radius 3 is 3.00 bits per heavy atom. The second kappa shape index (κ2) is 7.90. The van der Waals surface area contributed by atoms with E-state index in [1.165, 1.54) is 11.8 Å². The molecule has 1 amide bonds. The van der Waals surface area contributed by atoms with Crippen LogP contribution >= 0.6 is 23.4 Å². The monoisotopic (exact) mass is 322 g/mol. The lowest BCUT2D eigenvalue weighted by molar-refractivity contribution is -0.118. The number of nitrogens with one attached hydrogen (secondary N) is 1. The molecule has 2 aromatic rings. The lowest BCUT2D eigenvalue weighted by Crippen LogP contribution is -2.24. The Balaban J connectivity index is 1.81. The Kier molecular flexibility index (Phi) is 5.90. The van der Waals surface area contributed by atoms with Gasteiger partial charge in [-0.2, -0.15) is 0 Å². The minimum absolute atomic E-state index is 0.0652. The van der Waals surface area contributed by atoms with E-state index in [2.05, 4.69) is 10.3 Å². The summed E-state index contributed by atoms with van der Waals surface area (Å²) in [6.45, 7) is 0.465. The van der Waals surface area contributed by atoms with Gasteiger partial charge in [0, 0.05) is 12.7 Å². The zero-order valence-corrected chi connectivity index (χ0v) is 13.1. The number of ether oxygens (including phenoxy) is 1. The quantitative estimate of drug-likeness (QED) is 0.830. The molecule has 0 fully saturated rings. The zero-order valence-electron chi connectivity index (χ0n) is 11.5. The van der Waals surface area contributed by atoms with Gasteiger partial charge in [-0.1, -0.05) is 35.5 Å². The molecule has 110 valence electrons. The standard InChI is InChI=1S/C15H15ClN2O2S/c1-20-12-5-2-4-11(8-12)9-18-14(19)10-21-15-13(16)6-3-7-17-15/h2-8H,9-10H2,1H3,(H,18,19). The van der Waals surface area contributed by atoms with Gasteiger partial charge in [0.25, 0.3) is 0 Å². The second-order valence-corrected chi connectivity index (χ2v) is 5.58. The van der Waals surface area contributed by atoms with Crippen molar-refractivity contribution in [3.05, 3.63) is 53.2 Å². The molecule has 0 spiro atoms. The number of benzene rings is 1. The maximum absolute atomic E-state index is 11.8. The second-order valence-electron chi connectivity index (χ2n) is 4.21. The first-order chi connectivity index (χ1) is 10.2. The first kappa shape index (κ1) is 15.7. The van der Waals surface area contributed by atoms with Crippen LogP contribution in [-0.4, -0.2) is 23.8 Å². The summed E-state index contributed by atoms with van der Waals surface area (Å²) in [7, 11) is 1.62. The Bertz CT molecular complexity index is 622. The van der Waals surface area contributed by atoms with E-state index >= 15 is 0 Å². The molecule has 1 aromatic heterocycles. The zero-order chi connectivity index (χ0) is 15.1. The third-order valence-corrected chi connectivity index (χ3v) is 4.11. The first-order valence-corrected chi connectivity index (χ1v) is 7.68. The third kappa shape index (κ3) is 4.95. The van der Waals surface area contributed by atoms with E-state index in [1.807, 2.05) is 24.3 Å². The van der Waals surface area contributed by atoms with Gasteiger partial charge >= 0.3 is 0 Å². The minimum Gasteiger partial charge on any atom is -0.497 e. The van der Waals surface area contributed by atoms with Crippen LogP contribution in [0.3, 0.4) is 0 Å². The molecular formula is C15H15ClN2O2S. The molecule has 0 saturated carbocycles. The fourth-order valence-electron chi connectivity index (χ4n) is 1.65. The SMILES string of the molecule is COc1cccc(CNC(=O)CSc2ncccc2Cl)c1. The van der Waals surface area contributed by atoms with Crippen molar-refractivity contribution in [3.8, 4) is 5.75 Å². The van der Waals surface area contributed by atoms with Crippen molar-refractivity contribution >= 4 is 29.3 Å². The topological polar surface area (TPSA) is 51.2 Å². The normalized spacial score (nSPS) is 10.2. The number of aromatic nitrogens is 1. The number of rotatable bonds is 6. The van der Waals surface area contributed by atoms with E-state index in [1.54, 1.807) is 25.4 Å². The number of methoxy groups -OCH3 is 1. The van der Waals surface area contributed by atoms with Crippen LogP contribution in [0.1, 0.15) is 5.56 Å². The van der Waals surface area contributed by atoms with E-state index in [4.69, 9.17) is 16.3 Å². The molecule has 1 N–H and O–H groups in total. The number of nitrogens with zero attached hydrogens (tertiary/aromatic N) is 1. The summed E-state index contributed by atoms with van der Waals surface area (Å²) in [5.74, 6) is 0.988. The van der Waals surface area contributed by atoms with Gasteiger partial charge in [-0.15, -0.1) is 0 Å². The van der Waals surface area contributed by atoms with Crippen LogP contribution in [0.2, 0.25) is 5.02 Å². The Labute approximate surface area is 132 Å². The van der Waals surface area contributed by atoms with E-state index in [0.717, 1.165) is 11.3 Å². The average molecular weight is 323 g/mol. The highest BCUT2D eigenvalue weighted by Gasteiger charge is 2.06. The molecule has 21 heavy (non-hydrogen) atoms. The van der Waals surface area contributed by atoms with E-state index in [-0.39, 0.29) is 11.7 Å². The number of pyridine rings is 1. The summed E-state index contributed by atoms with van der Waals surface area (Å²) in [4.78, 5) is 15.9. The third-order valence-electron chi connectivity index (χ3n) is 2.69. The summed E-state index contributed by atoms with van der Waals surface area (Å²) in [5.41, 5.74) is 0.989. The average Bonchev–Trinajstić information content (AvgIpc) is 2.52. The van der Waals surface area contributed by atoms with Crippen LogP contribution in [0.25, 0.3) is 0 Å². The summed E-state index contributed by atoms with van der Waals surface area (Å²) in [5, 5.41) is 4.07. The van der Waals surface area contributed by atoms with Gasteiger partial charge in [-0.3, -0.25) is 4.79 Å². The van der Waals surface area contributed by atoms with Crippen molar-refractivity contribution in [1.82, 2.24) is 10.3 Å². The van der Waals surface area contributed by atoms with Crippen molar-refractivity contribution < 1.29 is 9.53 Å². The maximum atomic E-state index is 11.8. The van der Waals surface area contributed by atoms with E-state index in [9.17, 15) is 4.79 Å². The first-order valence-electron chi connectivity index (χ1n) is 6.32. The van der Waals surface area contributed by atoms with Gasteiger partial charge < -0.3 is 10.1 Å². The number of hydrogen-bond acceptors (Lipinski definition) is 4. The van der Waals surface area contributed by atoms with Crippen LogP contribution in [0.5, 0.6) is 5.75 Å². The predicted molar refractivity (Wildman–Crippen MR) is 84.8 cm³/mol. The van der Waals surface area contributed by atoms with Crippen molar-refractivity contribution in [2.75, 3.05) is 12.9 Å².